The van der Waals surface area contributed by atoms with Gasteiger partial charge < -0.3 is 9.47 Å². The molecule has 6 aliphatic rings. The van der Waals surface area contributed by atoms with Gasteiger partial charge in [0.15, 0.2) is 5.79 Å². The second kappa shape index (κ2) is 6.95. The van der Waals surface area contributed by atoms with Crippen LogP contribution in [0.5, 0.6) is 0 Å². The molecule has 30 heavy (non-hydrogen) atoms. The third kappa shape index (κ3) is 2.61. The third-order valence-electron chi connectivity index (χ3n) is 11.8. The van der Waals surface area contributed by atoms with Crippen LogP contribution in [0.1, 0.15) is 91.9 Å². The molecule has 2 aliphatic heterocycles. The SMILES string of the molecule is C[C@H]1CO[C@@]2(O[C@H]3C[C@H]4[C@@H]5CC[C@H]6CCCC[C@]6(C)[C@H]5CC[C@]4(C)[C@H]3[C@@H]2C)[C@@H](Br)C1. The predicted octanol–water partition coefficient (Wildman–Crippen LogP) is 7.20. The molecular formula is C27H43BrO2. The highest BCUT2D eigenvalue weighted by Gasteiger charge is 2.70. The van der Waals surface area contributed by atoms with E-state index in [4.69, 9.17) is 9.47 Å². The van der Waals surface area contributed by atoms with Crippen LogP contribution in [0.4, 0.5) is 0 Å². The van der Waals surface area contributed by atoms with Crippen LogP contribution in [0.2, 0.25) is 0 Å². The largest absolute Gasteiger partial charge is 0.348 e. The molecule has 6 fully saturated rings. The summed E-state index contributed by atoms with van der Waals surface area (Å²) in [5.74, 6) is 5.24. The van der Waals surface area contributed by atoms with Crippen LogP contribution in [0.15, 0.2) is 0 Å². The van der Waals surface area contributed by atoms with Crippen molar-refractivity contribution in [3.8, 4) is 0 Å². The zero-order valence-corrected chi connectivity index (χ0v) is 21.3. The van der Waals surface area contributed by atoms with Crippen molar-refractivity contribution in [1.29, 1.82) is 0 Å². The van der Waals surface area contributed by atoms with Gasteiger partial charge in [0.1, 0.15) is 0 Å². The summed E-state index contributed by atoms with van der Waals surface area (Å²) in [6.07, 6.45) is 14.8. The quantitative estimate of drug-likeness (QED) is 0.342. The molecular weight excluding hydrogens is 436 g/mol. The van der Waals surface area contributed by atoms with E-state index in [1.165, 1.54) is 64.2 Å². The predicted molar refractivity (Wildman–Crippen MR) is 124 cm³/mol. The van der Waals surface area contributed by atoms with E-state index in [1.54, 1.807) is 0 Å². The van der Waals surface area contributed by atoms with Gasteiger partial charge in [0.2, 0.25) is 0 Å². The lowest BCUT2D eigenvalue weighted by Crippen LogP contribution is -2.56. The Bertz CT molecular complexity index is 696. The summed E-state index contributed by atoms with van der Waals surface area (Å²) >= 11 is 4.02. The van der Waals surface area contributed by atoms with Crippen LogP contribution >= 0.6 is 15.9 Å². The first kappa shape index (κ1) is 21.0. The average molecular weight is 480 g/mol. The van der Waals surface area contributed by atoms with Crippen LogP contribution < -0.4 is 0 Å². The molecule has 170 valence electrons. The molecule has 0 amide bonds. The van der Waals surface area contributed by atoms with Gasteiger partial charge in [-0.2, -0.15) is 0 Å². The van der Waals surface area contributed by atoms with E-state index in [1.807, 2.05) is 0 Å². The molecule has 12 atom stereocenters. The number of ether oxygens (including phenoxy) is 2. The van der Waals surface area contributed by atoms with Crippen molar-refractivity contribution in [1.82, 2.24) is 0 Å². The van der Waals surface area contributed by atoms with Crippen LogP contribution in [-0.2, 0) is 9.47 Å². The topological polar surface area (TPSA) is 18.5 Å². The van der Waals surface area contributed by atoms with Crippen molar-refractivity contribution in [3.05, 3.63) is 0 Å². The van der Waals surface area contributed by atoms with E-state index in [0.717, 1.165) is 30.3 Å². The van der Waals surface area contributed by atoms with E-state index in [9.17, 15) is 0 Å². The van der Waals surface area contributed by atoms with Crippen molar-refractivity contribution in [3.63, 3.8) is 0 Å². The van der Waals surface area contributed by atoms with E-state index in [-0.39, 0.29) is 5.79 Å². The summed E-state index contributed by atoms with van der Waals surface area (Å²) in [7, 11) is 0. The minimum Gasteiger partial charge on any atom is -0.348 e. The minimum absolute atomic E-state index is 0.337. The molecule has 0 radical (unpaired) electrons. The molecule has 2 nitrogen and oxygen atoms in total. The van der Waals surface area contributed by atoms with Gasteiger partial charge in [-0.25, -0.2) is 0 Å². The van der Waals surface area contributed by atoms with Crippen LogP contribution in [0.3, 0.4) is 0 Å². The van der Waals surface area contributed by atoms with E-state index >= 15 is 0 Å². The highest BCUT2D eigenvalue weighted by Crippen LogP contribution is 2.71. The zero-order valence-electron chi connectivity index (χ0n) is 19.7. The summed E-state index contributed by atoms with van der Waals surface area (Å²) in [6.45, 7) is 11.0. The Morgan fingerprint density at radius 2 is 1.70 bits per heavy atom. The molecule has 0 bridgehead atoms. The van der Waals surface area contributed by atoms with Crippen molar-refractivity contribution < 1.29 is 9.47 Å². The molecule has 2 saturated heterocycles. The first-order valence-corrected chi connectivity index (χ1v) is 14.2. The van der Waals surface area contributed by atoms with Crippen LogP contribution in [-0.4, -0.2) is 23.3 Å². The Balaban J connectivity index is 1.28. The highest BCUT2D eigenvalue weighted by molar-refractivity contribution is 9.09. The maximum Gasteiger partial charge on any atom is 0.184 e. The Hall–Kier alpha value is 0.400. The first-order valence-electron chi connectivity index (χ1n) is 13.3. The number of alkyl halides is 1. The average Bonchev–Trinajstić information content (AvgIpc) is 3.16. The lowest BCUT2D eigenvalue weighted by Gasteiger charge is -2.61. The van der Waals surface area contributed by atoms with Gasteiger partial charge in [0, 0.05) is 5.92 Å². The van der Waals surface area contributed by atoms with Crippen molar-refractivity contribution in [2.45, 2.75) is 109 Å². The van der Waals surface area contributed by atoms with Crippen LogP contribution in [0, 0.1) is 52.3 Å². The molecule has 0 aromatic heterocycles. The Kier molecular flexibility index (Phi) is 4.86. The first-order chi connectivity index (χ1) is 14.3. The van der Waals surface area contributed by atoms with Gasteiger partial charge in [-0.3, -0.25) is 0 Å². The van der Waals surface area contributed by atoms with Crippen LogP contribution in [0.25, 0.3) is 0 Å². The normalized spacial score (nSPS) is 62.5. The Morgan fingerprint density at radius 3 is 2.50 bits per heavy atom. The van der Waals surface area contributed by atoms with Gasteiger partial charge in [-0.1, -0.05) is 56.5 Å². The van der Waals surface area contributed by atoms with Crippen molar-refractivity contribution >= 4 is 15.9 Å². The van der Waals surface area contributed by atoms with Crippen molar-refractivity contribution in [2.75, 3.05) is 6.61 Å². The maximum absolute atomic E-state index is 6.99. The van der Waals surface area contributed by atoms with Crippen molar-refractivity contribution in [2.24, 2.45) is 52.3 Å². The summed E-state index contributed by atoms with van der Waals surface area (Å²) in [6, 6.07) is 0. The fraction of sp³-hybridized carbons (Fsp3) is 1.00. The van der Waals surface area contributed by atoms with E-state index in [2.05, 4.69) is 43.6 Å². The summed E-state index contributed by atoms with van der Waals surface area (Å²) in [5, 5.41) is 0. The number of hydrogen-bond acceptors (Lipinski definition) is 2. The number of fused-ring (bicyclic) bond motifs is 7. The Labute approximate surface area is 192 Å². The second-order valence-electron chi connectivity index (χ2n) is 13.0. The standard InChI is InChI=1S/C27H43BrO2/c1-16-13-23(28)27(29-15-16)17(2)24-22(30-27)14-21-19-9-8-18-7-5-6-11-25(18,3)20(19)10-12-26(21,24)4/h16-24H,5-15H2,1-4H3/t16-,17+,18-,19-,20+,21+,22+,23+,24+,25+,26+,27+/m1/s1. The summed E-state index contributed by atoms with van der Waals surface area (Å²) in [4.78, 5) is 0.337. The van der Waals surface area contributed by atoms with Gasteiger partial charge in [-0.15, -0.1) is 0 Å². The number of halogens is 1. The molecule has 0 unspecified atom stereocenters. The summed E-state index contributed by atoms with van der Waals surface area (Å²) < 4.78 is 13.5. The lowest BCUT2D eigenvalue weighted by atomic mass is 9.44. The lowest BCUT2D eigenvalue weighted by molar-refractivity contribution is -0.267. The molecule has 0 aromatic carbocycles. The van der Waals surface area contributed by atoms with Gasteiger partial charge in [0.05, 0.1) is 17.5 Å². The molecule has 3 heteroatoms. The third-order valence-corrected chi connectivity index (χ3v) is 12.8. The monoisotopic (exact) mass is 478 g/mol. The fourth-order valence-electron chi connectivity index (χ4n) is 10.4. The smallest absolute Gasteiger partial charge is 0.184 e. The van der Waals surface area contributed by atoms with Gasteiger partial charge >= 0.3 is 0 Å². The zero-order chi connectivity index (χ0) is 20.9. The molecule has 4 saturated carbocycles. The number of rotatable bonds is 0. The summed E-state index contributed by atoms with van der Waals surface area (Å²) in [5.41, 5.74) is 1.09. The molecule has 0 aromatic rings. The Morgan fingerprint density at radius 1 is 0.867 bits per heavy atom. The van der Waals surface area contributed by atoms with E-state index in [0.29, 0.717) is 39.5 Å². The molecule has 2 heterocycles. The maximum atomic E-state index is 6.99. The second-order valence-corrected chi connectivity index (χ2v) is 14.1. The molecule has 4 aliphatic carbocycles. The van der Waals surface area contributed by atoms with E-state index < -0.39 is 0 Å². The fourth-order valence-corrected chi connectivity index (χ4v) is 11.7. The molecule has 6 rings (SSSR count). The number of hydrogen-bond donors (Lipinski definition) is 0. The van der Waals surface area contributed by atoms with Gasteiger partial charge in [-0.05, 0) is 97.7 Å². The van der Waals surface area contributed by atoms with Gasteiger partial charge in [0.25, 0.3) is 0 Å². The molecule has 1 spiro atoms. The molecule has 0 N–H and O–H groups in total. The highest BCUT2D eigenvalue weighted by atomic mass is 79.9. The minimum atomic E-state index is -0.375.